The summed E-state index contributed by atoms with van der Waals surface area (Å²) in [5.74, 6) is 0.704. The minimum Gasteiger partial charge on any atom is -0.228 e. The van der Waals surface area contributed by atoms with Crippen molar-refractivity contribution in [1.29, 1.82) is 0 Å². The Morgan fingerprint density at radius 2 is 0.661 bits per heavy atom. The molecule has 0 N–H and O–H groups in total. The third kappa shape index (κ3) is 5.43. The molecule has 0 spiro atoms. The molecule has 1 heterocycles. The van der Waals surface area contributed by atoms with E-state index in [9.17, 15) is 0 Å². The van der Waals surface area contributed by atoms with E-state index in [4.69, 9.17) is 9.97 Å². The molecule has 2 aliphatic rings. The van der Waals surface area contributed by atoms with Crippen LogP contribution in [-0.4, -0.2) is 9.97 Å². The highest BCUT2D eigenvalue weighted by Gasteiger charge is 2.39. The van der Waals surface area contributed by atoms with Gasteiger partial charge in [-0.15, -0.1) is 0 Å². The lowest BCUT2D eigenvalue weighted by atomic mass is 9.81. The summed E-state index contributed by atoms with van der Waals surface area (Å²) < 4.78 is 0. The highest BCUT2D eigenvalue weighted by molar-refractivity contribution is 6.03. The van der Waals surface area contributed by atoms with Crippen LogP contribution in [0.2, 0.25) is 0 Å². The molecule has 12 rings (SSSR count). The van der Waals surface area contributed by atoms with Gasteiger partial charge in [-0.1, -0.05) is 191 Å². The lowest BCUT2D eigenvalue weighted by molar-refractivity contribution is 0.661. The minimum absolute atomic E-state index is 0.146. The molecule has 2 heteroatoms. The van der Waals surface area contributed by atoms with Gasteiger partial charge in [0, 0.05) is 27.5 Å². The van der Waals surface area contributed by atoms with E-state index in [2.05, 4.69) is 222 Å². The van der Waals surface area contributed by atoms with Crippen LogP contribution in [0.5, 0.6) is 0 Å². The van der Waals surface area contributed by atoms with Crippen molar-refractivity contribution in [3.63, 3.8) is 0 Å². The van der Waals surface area contributed by atoms with E-state index in [0.29, 0.717) is 5.82 Å². The topological polar surface area (TPSA) is 25.8 Å². The van der Waals surface area contributed by atoms with Crippen molar-refractivity contribution in [3.8, 4) is 78.4 Å². The first-order valence-corrected chi connectivity index (χ1v) is 21.7. The van der Waals surface area contributed by atoms with Crippen LogP contribution < -0.4 is 0 Å². The first-order valence-electron chi connectivity index (χ1n) is 21.7. The maximum Gasteiger partial charge on any atom is 0.160 e. The molecule has 294 valence electrons. The van der Waals surface area contributed by atoms with Gasteiger partial charge < -0.3 is 0 Å². The molecule has 0 saturated carbocycles. The second kappa shape index (κ2) is 13.5. The summed E-state index contributed by atoms with van der Waals surface area (Å²) in [6, 6.07) is 71.0. The average molecular weight is 793 g/mol. The van der Waals surface area contributed by atoms with E-state index >= 15 is 0 Å². The van der Waals surface area contributed by atoms with Gasteiger partial charge >= 0.3 is 0 Å². The third-order valence-corrected chi connectivity index (χ3v) is 13.9. The van der Waals surface area contributed by atoms with Gasteiger partial charge in [-0.25, -0.2) is 9.97 Å². The zero-order chi connectivity index (χ0) is 41.7. The van der Waals surface area contributed by atoms with Crippen LogP contribution in [0.4, 0.5) is 0 Å². The Hall–Kier alpha value is -7.42. The number of aromatic nitrogens is 2. The molecule has 2 nitrogen and oxygen atoms in total. The minimum atomic E-state index is -0.146. The molecule has 0 bridgehead atoms. The Bertz CT molecular complexity index is 3250. The molecular weight excluding hydrogens is 749 g/mol. The molecular formula is C60H44N2. The number of rotatable bonds is 5. The summed E-state index contributed by atoms with van der Waals surface area (Å²) in [5.41, 5.74) is 20.1. The summed E-state index contributed by atoms with van der Waals surface area (Å²) in [4.78, 5) is 10.8. The molecule has 0 radical (unpaired) electrons. The van der Waals surface area contributed by atoms with Crippen LogP contribution in [0.25, 0.3) is 100.0 Å². The zero-order valence-corrected chi connectivity index (χ0v) is 35.4. The molecule has 0 aliphatic heterocycles. The second-order valence-electron chi connectivity index (χ2n) is 18.1. The van der Waals surface area contributed by atoms with E-state index in [1.54, 1.807) is 0 Å². The summed E-state index contributed by atoms with van der Waals surface area (Å²) in [6.07, 6.45) is 0. The lowest BCUT2D eigenvalue weighted by Gasteiger charge is -2.22. The first kappa shape index (κ1) is 36.4. The van der Waals surface area contributed by atoms with Gasteiger partial charge in [0.15, 0.2) is 5.82 Å². The standard InChI is InChI=1S/C60H44N2/c1-59(2)50-30-16-28-46(56(50)48-32-38-20-8-10-22-40(38)34-52(48)59)42-24-12-14-26-44(42)54-36-55(62-58(61-54)37-18-6-5-7-19-37)45-27-15-13-25-43(45)47-29-17-31-51-57(47)49-33-39-21-9-11-23-41(39)35-53(49)60(51,3)4/h5-36H,1-4H3. The highest BCUT2D eigenvalue weighted by Crippen LogP contribution is 2.56. The number of fused-ring (bicyclic) bond motifs is 8. The Labute approximate surface area is 363 Å². The predicted octanol–water partition coefficient (Wildman–Crippen LogP) is 15.7. The Kier molecular flexibility index (Phi) is 7.96. The number of hydrogen-bond acceptors (Lipinski definition) is 2. The maximum absolute atomic E-state index is 5.42. The fourth-order valence-electron chi connectivity index (χ4n) is 10.7. The molecule has 9 aromatic carbocycles. The Balaban J connectivity index is 1.07. The molecule has 62 heavy (non-hydrogen) atoms. The van der Waals surface area contributed by atoms with Gasteiger partial charge in [0.2, 0.25) is 0 Å². The van der Waals surface area contributed by atoms with Crippen molar-refractivity contribution in [1.82, 2.24) is 9.97 Å². The van der Waals surface area contributed by atoms with Crippen molar-refractivity contribution >= 4 is 21.5 Å². The van der Waals surface area contributed by atoms with Crippen molar-refractivity contribution in [3.05, 3.63) is 216 Å². The summed E-state index contributed by atoms with van der Waals surface area (Å²) >= 11 is 0. The number of nitrogens with zero attached hydrogens (tertiary/aromatic N) is 2. The summed E-state index contributed by atoms with van der Waals surface area (Å²) in [5, 5.41) is 5.07. The molecule has 0 unspecified atom stereocenters. The summed E-state index contributed by atoms with van der Waals surface area (Å²) in [6.45, 7) is 9.47. The number of hydrogen-bond donors (Lipinski definition) is 0. The van der Waals surface area contributed by atoms with E-state index < -0.39 is 0 Å². The van der Waals surface area contributed by atoms with E-state index in [0.717, 1.165) is 39.2 Å². The molecule has 0 fully saturated rings. The molecule has 0 atom stereocenters. The molecule has 1 aromatic heterocycles. The van der Waals surface area contributed by atoms with Crippen LogP contribution in [-0.2, 0) is 10.8 Å². The fraction of sp³-hybridized carbons (Fsp3) is 0.100. The smallest absolute Gasteiger partial charge is 0.160 e. The molecule has 0 amide bonds. The van der Waals surface area contributed by atoms with Crippen molar-refractivity contribution in [2.75, 3.05) is 0 Å². The highest BCUT2D eigenvalue weighted by atomic mass is 14.9. The van der Waals surface area contributed by atoms with Crippen molar-refractivity contribution < 1.29 is 0 Å². The predicted molar refractivity (Wildman–Crippen MR) is 259 cm³/mol. The average Bonchev–Trinajstić information content (AvgIpc) is 3.68. The van der Waals surface area contributed by atoms with Gasteiger partial charge in [0.1, 0.15) is 0 Å². The van der Waals surface area contributed by atoms with Crippen LogP contribution in [0.3, 0.4) is 0 Å². The largest absolute Gasteiger partial charge is 0.228 e. The van der Waals surface area contributed by atoms with E-state index in [1.165, 1.54) is 77.2 Å². The quantitative estimate of drug-likeness (QED) is 0.173. The van der Waals surface area contributed by atoms with Gasteiger partial charge in [0.05, 0.1) is 11.4 Å². The van der Waals surface area contributed by atoms with Gasteiger partial charge in [0.25, 0.3) is 0 Å². The van der Waals surface area contributed by atoms with Crippen LogP contribution in [0.15, 0.2) is 194 Å². The monoisotopic (exact) mass is 792 g/mol. The van der Waals surface area contributed by atoms with Crippen molar-refractivity contribution in [2.45, 2.75) is 38.5 Å². The van der Waals surface area contributed by atoms with Gasteiger partial charge in [-0.2, -0.15) is 0 Å². The van der Waals surface area contributed by atoms with Crippen LogP contribution in [0.1, 0.15) is 49.9 Å². The molecule has 0 saturated heterocycles. The first-order chi connectivity index (χ1) is 30.3. The zero-order valence-electron chi connectivity index (χ0n) is 35.4. The normalized spacial score (nSPS) is 14.1. The molecule has 2 aliphatic carbocycles. The van der Waals surface area contributed by atoms with Crippen LogP contribution >= 0.6 is 0 Å². The van der Waals surface area contributed by atoms with Crippen molar-refractivity contribution in [2.24, 2.45) is 0 Å². The Morgan fingerprint density at radius 1 is 0.290 bits per heavy atom. The third-order valence-electron chi connectivity index (χ3n) is 13.9. The van der Waals surface area contributed by atoms with Gasteiger partial charge in [-0.05, 0) is 119 Å². The van der Waals surface area contributed by atoms with Crippen LogP contribution in [0, 0.1) is 0 Å². The SMILES string of the molecule is CC1(C)c2cc3ccccc3cc2-c2c(-c3ccccc3-c3cc(-c4ccccc4-c4cccc5c4-c4cc6ccccc6cc4C5(C)C)nc(-c4ccccc4)n3)cccc21. The molecule has 10 aromatic rings. The lowest BCUT2D eigenvalue weighted by Crippen LogP contribution is -2.14. The van der Waals surface area contributed by atoms with E-state index in [1.807, 2.05) is 0 Å². The Morgan fingerprint density at radius 3 is 1.11 bits per heavy atom. The van der Waals surface area contributed by atoms with E-state index in [-0.39, 0.29) is 10.8 Å². The second-order valence-corrected chi connectivity index (χ2v) is 18.1. The van der Waals surface area contributed by atoms with Gasteiger partial charge in [-0.3, -0.25) is 0 Å². The number of benzene rings is 9. The maximum atomic E-state index is 5.42. The fourth-order valence-corrected chi connectivity index (χ4v) is 10.7. The summed E-state index contributed by atoms with van der Waals surface area (Å²) in [7, 11) is 0.